The summed E-state index contributed by atoms with van der Waals surface area (Å²) in [4.78, 5) is 8.93. The van der Waals surface area contributed by atoms with E-state index in [1.807, 2.05) is 18.2 Å². The van der Waals surface area contributed by atoms with Crippen molar-refractivity contribution in [3.63, 3.8) is 0 Å². The molecule has 3 unspecified atom stereocenters. The summed E-state index contributed by atoms with van der Waals surface area (Å²) in [6, 6.07) is 10.5. The average molecular weight is 437 g/mol. The number of rotatable bonds is 7. The highest BCUT2D eigenvalue weighted by molar-refractivity contribution is 6.30. The van der Waals surface area contributed by atoms with Crippen LogP contribution in [0.25, 0.3) is 0 Å². The van der Waals surface area contributed by atoms with E-state index in [1.54, 1.807) is 6.20 Å². The highest BCUT2D eigenvalue weighted by atomic mass is 35.5. The molecule has 2 aromatic rings. The molecule has 5 atom stereocenters. The maximum absolute atomic E-state index is 9.54. The van der Waals surface area contributed by atoms with Gasteiger partial charge in [0.05, 0.1) is 6.20 Å². The molecule has 0 aliphatic heterocycles. The van der Waals surface area contributed by atoms with Crippen LogP contribution in [0.1, 0.15) is 43.2 Å². The molecule has 1 heterocycles. The van der Waals surface area contributed by atoms with Crippen LogP contribution >= 0.6 is 11.6 Å². The maximum Gasteiger partial charge on any atom is 0.224 e. The minimum absolute atomic E-state index is 0.296. The number of aromatic nitrogens is 2. The highest BCUT2D eigenvalue weighted by Gasteiger charge is 2.54. The molecule has 0 saturated heterocycles. The van der Waals surface area contributed by atoms with Gasteiger partial charge in [-0.3, -0.25) is 0 Å². The fourth-order valence-electron chi connectivity index (χ4n) is 6.41. The van der Waals surface area contributed by atoms with E-state index < -0.39 is 0 Å². The first-order chi connectivity index (χ1) is 15.0. The Bertz CT molecular complexity index is 986. The molecule has 0 radical (unpaired) electrons. The summed E-state index contributed by atoms with van der Waals surface area (Å²) >= 11 is 6.06. The van der Waals surface area contributed by atoms with Gasteiger partial charge in [0.2, 0.25) is 5.95 Å². The second kappa shape index (κ2) is 8.29. The number of nitrogens with two attached hydrogens (primary N) is 1. The Hall–Kier alpha value is -2.36. The number of anilines is 2. The third-order valence-electron chi connectivity index (χ3n) is 7.60. The maximum atomic E-state index is 9.54. The SMILES string of the molecule is N#Cc1cnc(NCCc2cccc(Cl)c2)nc1NCC12CC3C[C@H](C1)C(N)[C@@H](C3)C2. The first-order valence-corrected chi connectivity index (χ1v) is 11.7. The molecule has 6 nitrogen and oxygen atoms in total. The third kappa shape index (κ3) is 4.22. The molecule has 1 aromatic heterocycles. The molecule has 31 heavy (non-hydrogen) atoms. The molecule has 1 aromatic carbocycles. The number of nitriles is 1. The van der Waals surface area contributed by atoms with Crippen LogP contribution in [0.15, 0.2) is 30.5 Å². The Morgan fingerprint density at radius 3 is 2.74 bits per heavy atom. The van der Waals surface area contributed by atoms with Crippen molar-refractivity contribution in [1.82, 2.24) is 9.97 Å². The van der Waals surface area contributed by atoms with Crippen LogP contribution in [0, 0.1) is 34.5 Å². The van der Waals surface area contributed by atoms with Crippen LogP contribution in [0.5, 0.6) is 0 Å². The van der Waals surface area contributed by atoms with Crippen LogP contribution in [-0.4, -0.2) is 29.1 Å². The second-order valence-corrected chi connectivity index (χ2v) is 10.2. The minimum atomic E-state index is 0.296. The Morgan fingerprint density at radius 1 is 1.19 bits per heavy atom. The van der Waals surface area contributed by atoms with E-state index in [-0.39, 0.29) is 0 Å². The first kappa shape index (κ1) is 20.5. The van der Waals surface area contributed by atoms with E-state index in [0.29, 0.717) is 47.2 Å². The van der Waals surface area contributed by atoms with Crippen molar-refractivity contribution in [1.29, 1.82) is 5.26 Å². The summed E-state index contributed by atoms with van der Waals surface area (Å²) in [5.41, 5.74) is 8.44. The van der Waals surface area contributed by atoms with Gasteiger partial charge < -0.3 is 16.4 Å². The second-order valence-electron chi connectivity index (χ2n) is 9.78. The molecular weight excluding hydrogens is 408 g/mol. The largest absolute Gasteiger partial charge is 0.368 e. The molecule has 4 bridgehead atoms. The molecule has 0 spiro atoms. The van der Waals surface area contributed by atoms with E-state index >= 15 is 0 Å². The van der Waals surface area contributed by atoms with Gasteiger partial charge in [-0.25, -0.2) is 4.98 Å². The Morgan fingerprint density at radius 2 is 2.00 bits per heavy atom. The summed E-state index contributed by atoms with van der Waals surface area (Å²) in [5.74, 6) is 3.32. The molecule has 162 valence electrons. The van der Waals surface area contributed by atoms with Gasteiger partial charge in [0.25, 0.3) is 0 Å². The quantitative estimate of drug-likeness (QED) is 0.600. The Balaban J connectivity index is 1.23. The Kier molecular flexibility index (Phi) is 5.49. The number of nitrogens with zero attached hydrogens (tertiary/aromatic N) is 3. The molecule has 4 aliphatic rings. The van der Waals surface area contributed by atoms with Gasteiger partial charge in [-0.2, -0.15) is 10.2 Å². The van der Waals surface area contributed by atoms with Crippen molar-refractivity contribution in [2.75, 3.05) is 23.7 Å². The molecule has 4 N–H and O–H groups in total. The summed E-state index contributed by atoms with van der Waals surface area (Å²) in [6.07, 6.45) is 8.70. The fourth-order valence-corrected chi connectivity index (χ4v) is 6.63. The van der Waals surface area contributed by atoms with Crippen molar-refractivity contribution in [2.45, 2.75) is 44.6 Å². The molecule has 4 aliphatic carbocycles. The average Bonchev–Trinajstić information content (AvgIpc) is 2.76. The van der Waals surface area contributed by atoms with E-state index in [2.05, 4.69) is 32.7 Å². The zero-order valence-electron chi connectivity index (χ0n) is 17.6. The predicted molar refractivity (Wildman–Crippen MR) is 123 cm³/mol. The lowest BCUT2D eigenvalue weighted by Gasteiger charge is -2.59. The van der Waals surface area contributed by atoms with E-state index in [4.69, 9.17) is 17.3 Å². The van der Waals surface area contributed by atoms with Crippen LogP contribution in [0.3, 0.4) is 0 Å². The molecular formula is C24H29ClN6. The van der Waals surface area contributed by atoms with E-state index in [9.17, 15) is 5.26 Å². The van der Waals surface area contributed by atoms with Crippen molar-refractivity contribution >= 4 is 23.4 Å². The van der Waals surface area contributed by atoms with E-state index in [1.165, 1.54) is 32.1 Å². The van der Waals surface area contributed by atoms with Crippen LogP contribution in [-0.2, 0) is 6.42 Å². The fraction of sp³-hybridized carbons (Fsp3) is 0.542. The first-order valence-electron chi connectivity index (χ1n) is 11.3. The monoisotopic (exact) mass is 436 g/mol. The zero-order chi connectivity index (χ0) is 21.4. The zero-order valence-corrected chi connectivity index (χ0v) is 18.4. The molecule has 4 fully saturated rings. The summed E-state index contributed by atoms with van der Waals surface area (Å²) in [6.45, 7) is 1.55. The van der Waals surface area contributed by atoms with Crippen molar-refractivity contribution < 1.29 is 0 Å². The molecule has 0 amide bonds. The van der Waals surface area contributed by atoms with Gasteiger partial charge >= 0.3 is 0 Å². The number of hydrogen-bond donors (Lipinski definition) is 3. The summed E-state index contributed by atoms with van der Waals surface area (Å²) in [7, 11) is 0. The van der Waals surface area contributed by atoms with Gasteiger partial charge in [0, 0.05) is 24.2 Å². The number of halogens is 1. The van der Waals surface area contributed by atoms with Gasteiger partial charge in [0.15, 0.2) is 0 Å². The summed E-state index contributed by atoms with van der Waals surface area (Å²) < 4.78 is 0. The topological polar surface area (TPSA) is 99.6 Å². The lowest BCUT2D eigenvalue weighted by molar-refractivity contribution is -0.0591. The molecule has 7 heteroatoms. The van der Waals surface area contributed by atoms with E-state index in [0.717, 1.165) is 29.5 Å². The predicted octanol–water partition coefficient (Wildman–Crippen LogP) is 4.22. The van der Waals surface area contributed by atoms with Crippen molar-refractivity contribution in [2.24, 2.45) is 28.9 Å². The smallest absolute Gasteiger partial charge is 0.224 e. The third-order valence-corrected chi connectivity index (χ3v) is 7.83. The normalized spacial score (nSPS) is 30.7. The van der Waals surface area contributed by atoms with Gasteiger partial charge in [0.1, 0.15) is 17.5 Å². The highest BCUT2D eigenvalue weighted by Crippen LogP contribution is 2.59. The lowest BCUT2D eigenvalue weighted by Crippen LogP contribution is -2.58. The van der Waals surface area contributed by atoms with Crippen LogP contribution in [0.2, 0.25) is 5.02 Å². The number of benzene rings is 1. The van der Waals surface area contributed by atoms with Crippen LogP contribution in [0.4, 0.5) is 11.8 Å². The van der Waals surface area contributed by atoms with Crippen molar-refractivity contribution in [3.8, 4) is 6.07 Å². The number of hydrogen-bond acceptors (Lipinski definition) is 6. The molecule has 6 rings (SSSR count). The summed E-state index contributed by atoms with van der Waals surface area (Å²) in [5, 5.41) is 17.1. The standard InChI is InChI=1S/C24H29ClN6/c25-20-3-1-2-15(8-20)4-5-28-23-29-13-19(12-26)22(31-23)30-14-24-9-16-6-17(10-24)21(27)18(7-16)11-24/h1-3,8,13,16-18,21H,4-7,9-11,14,27H2,(H2,28,29,30,31)/t16?,17-,18+,21?,24?. The van der Waals surface area contributed by atoms with Gasteiger partial charge in [-0.05, 0) is 79.4 Å². The van der Waals surface area contributed by atoms with Gasteiger partial charge in [-0.15, -0.1) is 0 Å². The minimum Gasteiger partial charge on any atom is -0.368 e. The van der Waals surface area contributed by atoms with Crippen LogP contribution < -0.4 is 16.4 Å². The Labute approximate surface area is 188 Å². The van der Waals surface area contributed by atoms with Crippen molar-refractivity contribution in [3.05, 3.63) is 46.6 Å². The lowest BCUT2D eigenvalue weighted by atomic mass is 9.48. The number of nitrogens with one attached hydrogen (secondary N) is 2. The molecule has 4 saturated carbocycles. The van der Waals surface area contributed by atoms with Gasteiger partial charge in [-0.1, -0.05) is 23.7 Å².